The van der Waals surface area contributed by atoms with E-state index in [9.17, 15) is 0 Å². The van der Waals surface area contributed by atoms with Crippen LogP contribution in [0.1, 0.15) is 12.8 Å². The second-order valence-electron chi connectivity index (χ2n) is 2.56. The summed E-state index contributed by atoms with van der Waals surface area (Å²) < 4.78 is 5.55. The molecule has 2 unspecified atom stereocenters. The molecule has 0 aromatic rings. The van der Waals surface area contributed by atoms with Gasteiger partial charge in [-0.3, -0.25) is 0 Å². The van der Waals surface area contributed by atoms with Crippen molar-refractivity contribution in [1.82, 2.24) is 0 Å². The first kappa shape index (κ1) is 5.24. The van der Waals surface area contributed by atoms with Crippen LogP contribution in [0.4, 0.5) is 0 Å². The third kappa shape index (κ3) is 0.924. The van der Waals surface area contributed by atoms with E-state index in [1.54, 1.807) is 0 Å². The Morgan fingerprint density at radius 2 is 1.56 bits per heavy atom. The second-order valence-corrected chi connectivity index (χ2v) is 2.56. The van der Waals surface area contributed by atoms with E-state index in [2.05, 4.69) is 24.3 Å². The number of ether oxygens (including phenoxy) is 1. The summed E-state index contributed by atoms with van der Waals surface area (Å²) in [4.78, 5) is 0. The largest absolute Gasteiger partial charge is 0.367 e. The normalized spacial score (nSPS) is 39.1. The van der Waals surface area contributed by atoms with Crippen LogP contribution in [0.5, 0.6) is 0 Å². The predicted molar refractivity (Wildman–Crippen MR) is 36.2 cm³/mol. The van der Waals surface area contributed by atoms with Gasteiger partial charge < -0.3 is 4.74 Å². The first-order valence-corrected chi connectivity index (χ1v) is 3.45. The van der Waals surface area contributed by atoms with Gasteiger partial charge in [-0.15, -0.1) is 0 Å². The van der Waals surface area contributed by atoms with Gasteiger partial charge in [-0.1, -0.05) is 24.3 Å². The molecule has 2 heterocycles. The molecule has 1 heteroatoms. The molecular formula is C8H10O. The maximum absolute atomic E-state index is 5.55. The smallest absolute Gasteiger partial charge is 0.0768 e. The van der Waals surface area contributed by atoms with E-state index in [1.165, 1.54) is 12.8 Å². The highest BCUT2D eigenvalue weighted by molar-refractivity contribution is 5.13. The molecule has 0 saturated carbocycles. The van der Waals surface area contributed by atoms with Gasteiger partial charge >= 0.3 is 0 Å². The summed E-state index contributed by atoms with van der Waals surface area (Å²) in [7, 11) is 0. The van der Waals surface area contributed by atoms with E-state index >= 15 is 0 Å². The summed E-state index contributed by atoms with van der Waals surface area (Å²) >= 11 is 0. The molecular weight excluding hydrogens is 112 g/mol. The van der Waals surface area contributed by atoms with Gasteiger partial charge in [0.25, 0.3) is 0 Å². The summed E-state index contributed by atoms with van der Waals surface area (Å²) in [5.74, 6) is 0. The molecule has 0 radical (unpaired) electrons. The van der Waals surface area contributed by atoms with Crippen molar-refractivity contribution in [3.05, 3.63) is 24.3 Å². The molecule has 0 aliphatic carbocycles. The summed E-state index contributed by atoms with van der Waals surface area (Å²) in [6, 6.07) is 0. The van der Waals surface area contributed by atoms with Crippen LogP contribution in [0.15, 0.2) is 24.3 Å². The number of rotatable bonds is 0. The van der Waals surface area contributed by atoms with Gasteiger partial charge in [0.2, 0.25) is 0 Å². The molecule has 2 aliphatic rings. The fourth-order valence-electron chi connectivity index (χ4n) is 1.35. The van der Waals surface area contributed by atoms with Crippen LogP contribution in [0.3, 0.4) is 0 Å². The molecule has 2 rings (SSSR count). The molecule has 1 saturated heterocycles. The molecule has 2 aliphatic heterocycles. The van der Waals surface area contributed by atoms with E-state index in [4.69, 9.17) is 4.74 Å². The Kier molecular flexibility index (Phi) is 1.16. The Balaban J connectivity index is 2.20. The topological polar surface area (TPSA) is 9.23 Å². The average molecular weight is 122 g/mol. The quantitative estimate of drug-likeness (QED) is 0.474. The van der Waals surface area contributed by atoms with Gasteiger partial charge in [-0.2, -0.15) is 0 Å². The van der Waals surface area contributed by atoms with Gasteiger partial charge in [0.05, 0.1) is 12.2 Å². The van der Waals surface area contributed by atoms with Crippen molar-refractivity contribution in [3.63, 3.8) is 0 Å². The van der Waals surface area contributed by atoms with E-state index in [0.717, 1.165) is 0 Å². The average Bonchev–Trinajstić information content (AvgIpc) is 2.09. The lowest BCUT2D eigenvalue weighted by Crippen LogP contribution is -2.03. The zero-order chi connectivity index (χ0) is 6.10. The minimum absolute atomic E-state index is 0.407. The fraction of sp³-hybridized carbons (Fsp3) is 0.500. The van der Waals surface area contributed by atoms with Gasteiger partial charge in [-0.25, -0.2) is 0 Å². The second kappa shape index (κ2) is 1.99. The summed E-state index contributed by atoms with van der Waals surface area (Å²) in [5, 5.41) is 0. The Morgan fingerprint density at radius 3 is 2.11 bits per heavy atom. The van der Waals surface area contributed by atoms with Crippen molar-refractivity contribution in [1.29, 1.82) is 0 Å². The molecule has 2 bridgehead atoms. The minimum atomic E-state index is 0.407. The van der Waals surface area contributed by atoms with Gasteiger partial charge in [-0.05, 0) is 12.8 Å². The molecule has 2 atom stereocenters. The summed E-state index contributed by atoms with van der Waals surface area (Å²) in [5.41, 5.74) is 0. The first-order chi connectivity index (χ1) is 4.45. The van der Waals surface area contributed by atoms with Gasteiger partial charge in [0.1, 0.15) is 0 Å². The Morgan fingerprint density at radius 1 is 1.00 bits per heavy atom. The monoisotopic (exact) mass is 122 g/mol. The number of hydrogen-bond donors (Lipinski definition) is 0. The van der Waals surface area contributed by atoms with Gasteiger partial charge in [0.15, 0.2) is 0 Å². The molecule has 0 aromatic carbocycles. The van der Waals surface area contributed by atoms with Crippen LogP contribution in [-0.4, -0.2) is 12.2 Å². The molecule has 0 spiro atoms. The SMILES string of the molecule is C1=CC2CCC(C=C1)O2. The van der Waals surface area contributed by atoms with Crippen LogP contribution in [0.2, 0.25) is 0 Å². The maximum atomic E-state index is 5.55. The molecule has 0 N–H and O–H groups in total. The zero-order valence-electron chi connectivity index (χ0n) is 5.29. The van der Waals surface area contributed by atoms with Crippen molar-refractivity contribution >= 4 is 0 Å². The predicted octanol–water partition coefficient (Wildman–Crippen LogP) is 1.66. The summed E-state index contributed by atoms with van der Waals surface area (Å²) in [6.07, 6.45) is 11.6. The Labute approximate surface area is 55.0 Å². The standard InChI is InChI=1S/C8H10O/c1-2-4-8-6-5-7(3-1)9-8/h1-4,7-8H,5-6H2. The summed E-state index contributed by atoms with van der Waals surface area (Å²) in [6.45, 7) is 0. The third-order valence-corrected chi connectivity index (χ3v) is 1.85. The Hall–Kier alpha value is -0.560. The molecule has 1 fully saturated rings. The van der Waals surface area contributed by atoms with Crippen molar-refractivity contribution in [3.8, 4) is 0 Å². The zero-order valence-corrected chi connectivity index (χ0v) is 5.29. The molecule has 0 aromatic heterocycles. The van der Waals surface area contributed by atoms with Crippen LogP contribution in [0.25, 0.3) is 0 Å². The van der Waals surface area contributed by atoms with Gasteiger partial charge in [0, 0.05) is 0 Å². The number of hydrogen-bond acceptors (Lipinski definition) is 1. The first-order valence-electron chi connectivity index (χ1n) is 3.45. The lowest BCUT2D eigenvalue weighted by molar-refractivity contribution is 0.102. The maximum Gasteiger partial charge on any atom is 0.0768 e. The lowest BCUT2D eigenvalue weighted by Gasteiger charge is -2.02. The van der Waals surface area contributed by atoms with Crippen molar-refractivity contribution < 1.29 is 4.74 Å². The van der Waals surface area contributed by atoms with Crippen LogP contribution >= 0.6 is 0 Å². The van der Waals surface area contributed by atoms with Crippen LogP contribution in [0, 0.1) is 0 Å². The molecule has 0 amide bonds. The highest BCUT2D eigenvalue weighted by Gasteiger charge is 2.21. The van der Waals surface area contributed by atoms with E-state index in [-0.39, 0.29) is 0 Å². The minimum Gasteiger partial charge on any atom is -0.367 e. The van der Waals surface area contributed by atoms with E-state index < -0.39 is 0 Å². The highest BCUT2D eigenvalue weighted by Crippen LogP contribution is 2.23. The number of fused-ring (bicyclic) bond motifs is 2. The lowest BCUT2D eigenvalue weighted by atomic mass is 10.1. The van der Waals surface area contributed by atoms with Crippen LogP contribution in [-0.2, 0) is 4.74 Å². The number of allylic oxidation sites excluding steroid dienone is 2. The van der Waals surface area contributed by atoms with Crippen molar-refractivity contribution in [2.24, 2.45) is 0 Å². The highest BCUT2D eigenvalue weighted by atomic mass is 16.5. The van der Waals surface area contributed by atoms with Crippen molar-refractivity contribution in [2.45, 2.75) is 25.0 Å². The fourth-order valence-corrected chi connectivity index (χ4v) is 1.35. The van der Waals surface area contributed by atoms with E-state index in [1.807, 2.05) is 0 Å². The molecule has 9 heavy (non-hydrogen) atoms. The Bertz CT molecular complexity index is 140. The molecule has 48 valence electrons. The third-order valence-electron chi connectivity index (χ3n) is 1.85. The molecule has 1 nitrogen and oxygen atoms in total. The van der Waals surface area contributed by atoms with E-state index in [0.29, 0.717) is 12.2 Å². The van der Waals surface area contributed by atoms with Crippen LogP contribution < -0.4 is 0 Å². The van der Waals surface area contributed by atoms with Crippen molar-refractivity contribution in [2.75, 3.05) is 0 Å².